The number of nitrogens with zero attached hydrogens (tertiary/aromatic N) is 2. The van der Waals surface area contributed by atoms with E-state index in [2.05, 4.69) is 67.6 Å². The first-order valence-corrected chi connectivity index (χ1v) is 8.34. The summed E-state index contributed by atoms with van der Waals surface area (Å²) < 4.78 is 2.38. The third-order valence-corrected chi connectivity index (χ3v) is 5.44. The third-order valence-electron chi connectivity index (χ3n) is 5.44. The third kappa shape index (κ3) is 1.58. The van der Waals surface area contributed by atoms with Crippen LogP contribution in [0.5, 0.6) is 0 Å². The molecule has 0 saturated carbocycles. The Kier molecular flexibility index (Phi) is 2.58. The van der Waals surface area contributed by atoms with Gasteiger partial charge in [-0.05, 0) is 66.9 Å². The summed E-state index contributed by atoms with van der Waals surface area (Å²) in [4.78, 5) is 4.73. The van der Waals surface area contributed by atoms with Gasteiger partial charge in [0.2, 0.25) is 0 Å². The summed E-state index contributed by atoms with van der Waals surface area (Å²) in [6.45, 7) is 6.65. The molecule has 2 heteroatoms. The van der Waals surface area contributed by atoms with Crippen molar-refractivity contribution < 1.29 is 0 Å². The summed E-state index contributed by atoms with van der Waals surface area (Å²) in [6, 6.07) is 17.4. The van der Waals surface area contributed by atoms with Gasteiger partial charge in [-0.1, -0.05) is 24.3 Å². The van der Waals surface area contributed by atoms with E-state index < -0.39 is 0 Å². The molecule has 0 aliphatic rings. The SMILES string of the molecule is Cc1c(C)c2c3cc4ccccc4cc3c3ncccc3n2c1C. The van der Waals surface area contributed by atoms with E-state index >= 15 is 0 Å². The zero-order valence-electron chi connectivity index (χ0n) is 14.1. The Morgan fingerprint density at radius 3 is 2.25 bits per heavy atom. The van der Waals surface area contributed by atoms with Crippen molar-refractivity contribution in [1.29, 1.82) is 0 Å². The second-order valence-electron chi connectivity index (χ2n) is 6.64. The Morgan fingerprint density at radius 1 is 0.792 bits per heavy atom. The lowest BCUT2D eigenvalue weighted by molar-refractivity contribution is 1.14. The molecule has 0 spiro atoms. The fourth-order valence-corrected chi connectivity index (χ4v) is 3.99. The fourth-order valence-electron chi connectivity index (χ4n) is 3.99. The van der Waals surface area contributed by atoms with Gasteiger partial charge in [-0.2, -0.15) is 0 Å². The standard InChI is InChI=1S/C22H18N2/c1-13-14(2)22-19-12-17-8-5-4-7-16(17)11-18(19)21-20(9-6-10-23-21)24(22)15(13)3/h4-12H,1-3H3. The molecule has 0 saturated heterocycles. The van der Waals surface area contributed by atoms with Gasteiger partial charge < -0.3 is 4.40 Å². The number of aryl methyl sites for hydroxylation is 2. The molecule has 5 aromatic rings. The second kappa shape index (κ2) is 4.57. The Labute approximate surface area is 140 Å². The van der Waals surface area contributed by atoms with Gasteiger partial charge >= 0.3 is 0 Å². The van der Waals surface area contributed by atoms with Crippen molar-refractivity contribution in [3.63, 3.8) is 0 Å². The predicted octanol–water partition coefficient (Wildman–Crippen LogP) is 5.72. The van der Waals surface area contributed by atoms with Crippen molar-refractivity contribution >= 4 is 38.1 Å². The van der Waals surface area contributed by atoms with Crippen LogP contribution >= 0.6 is 0 Å². The van der Waals surface area contributed by atoms with E-state index in [4.69, 9.17) is 4.98 Å². The van der Waals surface area contributed by atoms with Crippen molar-refractivity contribution in [2.75, 3.05) is 0 Å². The van der Waals surface area contributed by atoms with Crippen molar-refractivity contribution in [1.82, 2.24) is 9.38 Å². The van der Waals surface area contributed by atoms with Crippen molar-refractivity contribution in [3.05, 3.63) is 71.5 Å². The molecule has 2 aromatic carbocycles. The van der Waals surface area contributed by atoms with Crippen molar-refractivity contribution in [3.8, 4) is 0 Å². The van der Waals surface area contributed by atoms with E-state index in [-0.39, 0.29) is 0 Å². The second-order valence-corrected chi connectivity index (χ2v) is 6.64. The van der Waals surface area contributed by atoms with E-state index in [0.717, 1.165) is 5.52 Å². The summed E-state index contributed by atoms with van der Waals surface area (Å²) in [5.41, 5.74) is 7.59. The van der Waals surface area contributed by atoms with Gasteiger partial charge in [-0.3, -0.25) is 4.98 Å². The van der Waals surface area contributed by atoms with Crippen LogP contribution in [0.3, 0.4) is 0 Å². The highest BCUT2D eigenvalue weighted by molar-refractivity contribution is 6.16. The van der Waals surface area contributed by atoms with Crippen molar-refractivity contribution in [2.45, 2.75) is 20.8 Å². The molecule has 0 unspecified atom stereocenters. The summed E-state index contributed by atoms with van der Waals surface area (Å²) >= 11 is 0. The van der Waals surface area contributed by atoms with Crippen molar-refractivity contribution in [2.24, 2.45) is 0 Å². The summed E-state index contributed by atoms with van der Waals surface area (Å²) in [7, 11) is 0. The molecule has 0 atom stereocenters. The monoisotopic (exact) mass is 310 g/mol. The van der Waals surface area contributed by atoms with Crippen LogP contribution in [0.1, 0.15) is 16.8 Å². The molecule has 0 fully saturated rings. The number of pyridine rings is 2. The molecule has 0 aliphatic carbocycles. The molecular formula is C22H18N2. The first kappa shape index (κ1) is 13.6. The van der Waals surface area contributed by atoms with Gasteiger partial charge in [0.1, 0.15) is 0 Å². The fraction of sp³-hybridized carbons (Fsp3) is 0.136. The molecule has 116 valence electrons. The first-order chi connectivity index (χ1) is 11.7. The van der Waals surface area contributed by atoms with Gasteiger partial charge in [-0.15, -0.1) is 0 Å². The Hall–Kier alpha value is -2.87. The Bertz CT molecular complexity index is 1280. The molecule has 0 N–H and O–H groups in total. The minimum atomic E-state index is 1.07. The maximum Gasteiger partial charge on any atom is 0.0949 e. The number of hydrogen-bond acceptors (Lipinski definition) is 1. The molecule has 0 radical (unpaired) electrons. The predicted molar refractivity (Wildman–Crippen MR) is 102 cm³/mol. The molecule has 3 aromatic heterocycles. The lowest BCUT2D eigenvalue weighted by atomic mass is 10.0. The smallest absolute Gasteiger partial charge is 0.0949 e. The number of fused-ring (bicyclic) bond motifs is 7. The molecular weight excluding hydrogens is 292 g/mol. The number of aromatic nitrogens is 2. The maximum absolute atomic E-state index is 4.73. The van der Waals surface area contributed by atoms with Crippen LogP contribution in [0, 0.1) is 20.8 Å². The highest BCUT2D eigenvalue weighted by Crippen LogP contribution is 2.36. The molecule has 0 bridgehead atoms. The van der Waals surface area contributed by atoms with Gasteiger partial charge in [-0.25, -0.2) is 0 Å². The van der Waals surface area contributed by atoms with Crippen LogP contribution in [-0.2, 0) is 0 Å². The van der Waals surface area contributed by atoms with E-state index in [0.29, 0.717) is 0 Å². The maximum atomic E-state index is 4.73. The zero-order chi connectivity index (χ0) is 16.4. The molecule has 5 rings (SSSR count). The van der Waals surface area contributed by atoms with Crippen LogP contribution in [0.15, 0.2) is 54.7 Å². The minimum absolute atomic E-state index is 1.07. The highest BCUT2D eigenvalue weighted by atomic mass is 14.9. The topological polar surface area (TPSA) is 17.3 Å². The molecule has 0 amide bonds. The van der Waals surface area contributed by atoms with E-state index in [1.165, 1.54) is 49.4 Å². The summed E-state index contributed by atoms with van der Waals surface area (Å²) in [5, 5.41) is 5.06. The number of rotatable bonds is 0. The van der Waals surface area contributed by atoms with Crippen LogP contribution in [0.2, 0.25) is 0 Å². The average molecular weight is 310 g/mol. The van der Waals surface area contributed by atoms with Crippen LogP contribution in [-0.4, -0.2) is 9.38 Å². The Balaban J connectivity index is 2.21. The molecule has 24 heavy (non-hydrogen) atoms. The van der Waals surface area contributed by atoms with Crippen LogP contribution in [0.4, 0.5) is 0 Å². The average Bonchev–Trinajstić information content (AvgIpc) is 2.85. The number of hydrogen-bond donors (Lipinski definition) is 0. The zero-order valence-corrected chi connectivity index (χ0v) is 14.1. The van der Waals surface area contributed by atoms with E-state index in [1.54, 1.807) is 0 Å². The lowest BCUT2D eigenvalue weighted by Gasteiger charge is -2.11. The van der Waals surface area contributed by atoms with Gasteiger partial charge in [0, 0.05) is 22.7 Å². The summed E-state index contributed by atoms with van der Waals surface area (Å²) in [5.74, 6) is 0. The molecule has 3 heterocycles. The van der Waals surface area contributed by atoms with Gasteiger partial charge in [0.05, 0.1) is 16.6 Å². The highest BCUT2D eigenvalue weighted by Gasteiger charge is 2.16. The molecule has 0 aliphatic heterocycles. The van der Waals surface area contributed by atoms with Gasteiger partial charge in [0.15, 0.2) is 0 Å². The normalized spacial score (nSPS) is 12.0. The first-order valence-electron chi connectivity index (χ1n) is 8.34. The molecule has 2 nitrogen and oxygen atoms in total. The van der Waals surface area contributed by atoms with E-state index in [9.17, 15) is 0 Å². The quantitative estimate of drug-likeness (QED) is 0.264. The van der Waals surface area contributed by atoms with Crippen LogP contribution in [0.25, 0.3) is 38.1 Å². The van der Waals surface area contributed by atoms with Gasteiger partial charge in [0.25, 0.3) is 0 Å². The van der Waals surface area contributed by atoms with Crippen LogP contribution < -0.4 is 0 Å². The minimum Gasteiger partial charge on any atom is -0.311 e. The number of benzene rings is 2. The largest absolute Gasteiger partial charge is 0.311 e. The lowest BCUT2D eigenvalue weighted by Crippen LogP contribution is -1.95. The summed E-state index contributed by atoms with van der Waals surface area (Å²) in [6.07, 6.45) is 1.89. The van der Waals surface area contributed by atoms with E-state index in [1.807, 2.05) is 12.3 Å². The Morgan fingerprint density at radius 2 is 1.50 bits per heavy atom.